The normalized spacial score (nSPS) is 14.8. The molecule has 1 aliphatic heterocycles. The first-order valence-electron chi connectivity index (χ1n) is 11.8. The van der Waals surface area contributed by atoms with Gasteiger partial charge < -0.3 is 19.0 Å². The van der Waals surface area contributed by atoms with Crippen molar-refractivity contribution in [3.63, 3.8) is 0 Å². The van der Waals surface area contributed by atoms with E-state index in [0.29, 0.717) is 33.7 Å². The Bertz CT molecular complexity index is 1370. The molecule has 0 saturated carbocycles. The zero-order chi connectivity index (χ0) is 25.8. The summed E-state index contributed by atoms with van der Waals surface area (Å²) in [5.41, 5.74) is 1.49. The highest BCUT2D eigenvalue weighted by molar-refractivity contribution is 7.10. The summed E-state index contributed by atoms with van der Waals surface area (Å²) in [6.07, 6.45) is 2.31. The van der Waals surface area contributed by atoms with Crippen molar-refractivity contribution in [1.29, 1.82) is 0 Å². The number of amides is 2. The number of furan rings is 1. The van der Waals surface area contributed by atoms with Crippen LogP contribution in [0.2, 0.25) is 10.0 Å². The lowest BCUT2D eigenvalue weighted by Gasteiger charge is -2.37. The highest BCUT2D eigenvalue weighted by Gasteiger charge is 2.34. The van der Waals surface area contributed by atoms with Crippen LogP contribution in [-0.2, 0) is 17.8 Å². The number of carbonyl (C=O) groups excluding carboxylic acids is 2. The van der Waals surface area contributed by atoms with Crippen LogP contribution in [0.1, 0.15) is 32.6 Å². The van der Waals surface area contributed by atoms with Gasteiger partial charge in [-0.2, -0.15) is 0 Å². The second kappa shape index (κ2) is 11.4. The monoisotopic (exact) mass is 554 g/mol. The largest absolute Gasteiger partial charge is 0.491 e. The number of halogens is 2. The molecule has 2 aromatic carbocycles. The average molecular weight is 555 g/mol. The van der Waals surface area contributed by atoms with E-state index in [2.05, 4.69) is 0 Å². The third kappa shape index (κ3) is 6.01. The van der Waals surface area contributed by atoms with Crippen molar-refractivity contribution in [1.82, 2.24) is 9.80 Å². The van der Waals surface area contributed by atoms with Gasteiger partial charge in [0, 0.05) is 27.0 Å². The zero-order valence-electron chi connectivity index (χ0n) is 19.8. The van der Waals surface area contributed by atoms with Gasteiger partial charge in [0.1, 0.15) is 24.7 Å². The minimum atomic E-state index is -0.297. The molecule has 6 nitrogen and oxygen atoms in total. The Morgan fingerprint density at radius 2 is 1.89 bits per heavy atom. The molecular formula is C28H24Cl2N2O4S. The van der Waals surface area contributed by atoms with Gasteiger partial charge in [0.2, 0.25) is 5.91 Å². The predicted octanol–water partition coefficient (Wildman–Crippen LogP) is 6.50. The van der Waals surface area contributed by atoms with Crippen molar-refractivity contribution in [2.24, 2.45) is 0 Å². The summed E-state index contributed by atoms with van der Waals surface area (Å²) in [4.78, 5) is 31.7. The van der Waals surface area contributed by atoms with Crippen molar-refractivity contribution in [2.75, 3.05) is 19.7 Å². The SMILES string of the molecule is O=C(c1cccc(Cl)c1)N(CC(=O)N1CCc2sccc2C1COc1ccc(Cl)cc1)Cc1ccco1. The lowest BCUT2D eigenvalue weighted by atomic mass is 10.0. The molecule has 3 heterocycles. The summed E-state index contributed by atoms with van der Waals surface area (Å²) in [5.74, 6) is 0.803. The Morgan fingerprint density at radius 3 is 2.65 bits per heavy atom. The summed E-state index contributed by atoms with van der Waals surface area (Å²) in [6, 6.07) is 19.2. The maximum absolute atomic E-state index is 13.7. The molecule has 1 atom stereocenters. The smallest absolute Gasteiger partial charge is 0.254 e. The van der Waals surface area contributed by atoms with Crippen LogP contribution in [0.15, 0.2) is 82.8 Å². The van der Waals surface area contributed by atoms with E-state index < -0.39 is 0 Å². The highest BCUT2D eigenvalue weighted by Crippen LogP contribution is 2.34. The fourth-order valence-corrected chi connectivity index (χ4v) is 5.67. The van der Waals surface area contributed by atoms with E-state index in [-0.39, 0.29) is 37.6 Å². The molecule has 190 valence electrons. The molecule has 0 radical (unpaired) electrons. The second-order valence-electron chi connectivity index (χ2n) is 8.67. The fourth-order valence-electron chi connectivity index (χ4n) is 4.43. The van der Waals surface area contributed by atoms with Crippen molar-refractivity contribution in [3.8, 4) is 5.75 Å². The minimum absolute atomic E-state index is 0.108. The molecule has 0 aliphatic carbocycles. The number of nitrogens with zero attached hydrogens (tertiary/aromatic N) is 2. The molecule has 5 rings (SSSR count). The van der Waals surface area contributed by atoms with Crippen molar-refractivity contribution in [3.05, 3.63) is 110 Å². The first-order chi connectivity index (χ1) is 18.0. The number of benzene rings is 2. The Balaban J connectivity index is 1.37. The van der Waals surface area contributed by atoms with E-state index in [1.165, 1.54) is 9.78 Å². The number of carbonyl (C=O) groups is 2. The molecule has 2 amide bonds. The van der Waals surface area contributed by atoms with E-state index in [1.54, 1.807) is 78.3 Å². The van der Waals surface area contributed by atoms with E-state index in [1.807, 2.05) is 16.3 Å². The van der Waals surface area contributed by atoms with Crippen LogP contribution in [0.25, 0.3) is 0 Å². The highest BCUT2D eigenvalue weighted by atomic mass is 35.5. The Kier molecular flexibility index (Phi) is 7.84. The standard InChI is InChI=1S/C28H24Cl2N2O4S/c29-20-6-8-22(9-7-20)36-18-25-24-11-14-37-26(24)10-12-32(25)27(33)17-31(16-23-5-2-13-35-23)28(34)19-3-1-4-21(30)15-19/h1-9,11,13-15,25H,10,12,16-18H2. The molecule has 9 heteroatoms. The lowest BCUT2D eigenvalue weighted by Crippen LogP contribution is -2.47. The second-order valence-corrected chi connectivity index (χ2v) is 10.5. The van der Waals surface area contributed by atoms with Gasteiger partial charge >= 0.3 is 0 Å². The molecule has 4 aromatic rings. The Hall–Kier alpha value is -3.26. The fraction of sp³-hybridized carbons (Fsp3) is 0.214. The van der Waals surface area contributed by atoms with Gasteiger partial charge in [-0.25, -0.2) is 0 Å². The molecule has 0 N–H and O–H groups in total. The number of thiophene rings is 1. The summed E-state index contributed by atoms with van der Waals surface area (Å²) < 4.78 is 11.6. The van der Waals surface area contributed by atoms with Crippen LogP contribution in [0.5, 0.6) is 5.75 Å². The molecule has 0 spiro atoms. The molecule has 1 unspecified atom stereocenters. The first kappa shape index (κ1) is 25.4. The molecule has 1 aliphatic rings. The van der Waals surface area contributed by atoms with Crippen LogP contribution in [0.3, 0.4) is 0 Å². The van der Waals surface area contributed by atoms with Crippen LogP contribution < -0.4 is 4.74 Å². The molecule has 0 fully saturated rings. The zero-order valence-corrected chi connectivity index (χ0v) is 22.1. The van der Waals surface area contributed by atoms with Crippen molar-refractivity contribution in [2.45, 2.75) is 19.0 Å². The van der Waals surface area contributed by atoms with Crippen LogP contribution in [0, 0.1) is 0 Å². The Labute approximate surface area is 229 Å². The number of ether oxygens (including phenoxy) is 1. The van der Waals surface area contributed by atoms with Crippen LogP contribution >= 0.6 is 34.5 Å². The number of hydrogen-bond donors (Lipinski definition) is 0. The van der Waals surface area contributed by atoms with E-state index in [0.717, 1.165) is 12.0 Å². The minimum Gasteiger partial charge on any atom is -0.491 e. The summed E-state index contributed by atoms with van der Waals surface area (Å²) in [7, 11) is 0. The number of rotatable bonds is 8. The summed E-state index contributed by atoms with van der Waals surface area (Å²) >= 11 is 13.8. The molecular weight excluding hydrogens is 531 g/mol. The molecule has 0 saturated heterocycles. The summed E-state index contributed by atoms with van der Waals surface area (Å²) in [6.45, 7) is 0.884. The first-order valence-corrected chi connectivity index (χ1v) is 13.4. The van der Waals surface area contributed by atoms with Gasteiger partial charge in [-0.05, 0) is 78.0 Å². The van der Waals surface area contributed by atoms with E-state index in [9.17, 15) is 9.59 Å². The lowest BCUT2D eigenvalue weighted by molar-refractivity contribution is -0.135. The molecule has 37 heavy (non-hydrogen) atoms. The number of hydrogen-bond acceptors (Lipinski definition) is 5. The Morgan fingerprint density at radius 1 is 1.05 bits per heavy atom. The summed E-state index contributed by atoms with van der Waals surface area (Å²) in [5, 5.41) is 3.12. The van der Waals surface area contributed by atoms with Gasteiger partial charge in [-0.15, -0.1) is 11.3 Å². The quantitative estimate of drug-likeness (QED) is 0.249. The van der Waals surface area contributed by atoms with Gasteiger partial charge in [0.25, 0.3) is 5.91 Å². The van der Waals surface area contributed by atoms with Gasteiger partial charge in [-0.3, -0.25) is 9.59 Å². The van der Waals surface area contributed by atoms with Crippen LogP contribution in [0.4, 0.5) is 0 Å². The molecule has 0 bridgehead atoms. The van der Waals surface area contributed by atoms with Gasteiger partial charge in [0.15, 0.2) is 0 Å². The third-order valence-electron chi connectivity index (χ3n) is 6.25. The van der Waals surface area contributed by atoms with Crippen molar-refractivity contribution < 1.29 is 18.7 Å². The van der Waals surface area contributed by atoms with E-state index >= 15 is 0 Å². The van der Waals surface area contributed by atoms with Gasteiger partial charge in [0.05, 0.1) is 18.8 Å². The van der Waals surface area contributed by atoms with Crippen molar-refractivity contribution >= 4 is 46.4 Å². The maximum atomic E-state index is 13.7. The average Bonchev–Trinajstić information content (AvgIpc) is 3.59. The third-order valence-corrected chi connectivity index (χ3v) is 7.73. The van der Waals surface area contributed by atoms with E-state index in [4.69, 9.17) is 32.4 Å². The van der Waals surface area contributed by atoms with Gasteiger partial charge in [-0.1, -0.05) is 29.3 Å². The maximum Gasteiger partial charge on any atom is 0.254 e. The molecule has 2 aromatic heterocycles. The topological polar surface area (TPSA) is 63.0 Å². The van der Waals surface area contributed by atoms with Crippen LogP contribution in [-0.4, -0.2) is 41.3 Å². The predicted molar refractivity (Wildman–Crippen MR) is 144 cm³/mol. The number of fused-ring (bicyclic) bond motifs is 1.